The van der Waals surface area contributed by atoms with E-state index in [-0.39, 0.29) is 11.8 Å². The minimum atomic E-state index is -0.114. The van der Waals surface area contributed by atoms with Crippen molar-refractivity contribution in [1.29, 1.82) is 0 Å². The van der Waals surface area contributed by atoms with E-state index in [0.29, 0.717) is 12.1 Å². The Bertz CT molecular complexity index is 782. The first kappa shape index (κ1) is 19.4. The van der Waals surface area contributed by atoms with E-state index >= 15 is 0 Å². The smallest absolute Gasteiger partial charge is 0.255 e. The predicted molar refractivity (Wildman–Crippen MR) is 101 cm³/mol. The quantitative estimate of drug-likeness (QED) is 0.632. The number of carbonyl (C=O) groups excluding carboxylic acids is 1. The normalized spacial score (nSPS) is 11.2. The molecule has 0 saturated carbocycles. The predicted octanol–water partition coefficient (Wildman–Crippen LogP) is 2.95. The number of aryl methyl sites for hydroxylation is 3. The first-order valence-corrected chi connectivity index (χ1v) is 9.68. The van der Waals surface area contributed by atoms with E-state index in [1.54, 1.807) is 0 Å². The van der Waals surface area contributed by atoms with E-state index in [2.05, 4.69) is 34.2 Å². The van der Waals surface area contributed by atoms with Crippen LogP contribution in [0.4, 0.5) is 0 Å². The molecule has 0 aliphatic carbocycles. The number of aromatic nitrogens is 4. The van der Waals surface area contributed by atoms with Crippen LogP contribution < -0.4 is 5.32 Å². The zero-order valence-electron chi connectivity index (χ0n) is 16.1. The van der Waals surface area contributed by atoms with Crippen molar-refractivity contribution in [2.45, 2.75) is 52.0 Å². The molecule has 0 saturated heterocycles. The summed E-state index contributed by atoms with van der Waals surface area (Å²) in [4.78, 5) is 21.7. The van der Waals surface area contributed by atoms with E-state index in [4.69, 9.17) is 0 Å². The highest BCUT2D eigenvalue weighted by atomic mass is 32.2. The van der Waals surface area contributed by atoms with Crippen LogP contribution in [-0.2, 0) is 13.5 Å². The van der Waals surface area contributed by atoms with Crippen molar-refractivity contribution in [3.63, 3.8) is 0 Å². The van der Waals surface area contributed by atoms with Crippen LogP contribution in [0, 0.1) is 20.8 Å². The summed E-state index contributed by atoms with van der Waals surface area (Å²) < 4.78 is 1.88. The average Bonchev–Trinajstić information content (AvgIpc) is 2.79. The van der Waals surface area contributed by atoms with Gasteiger partial charge in [0.15, 0.2) is 0 Å². The Morgan fingerprint density at radius 2 is 1.88 bits per heavy atom. The van der Waals surface area contributed by atoms with Crippen LogP contribution >= 0.6 is 11.8 Å². The summed E-state index contributed by atoms with van der Waals surface area (Å²) in [5, 5.41) is 8.16. The molecule has 1 amide bonds. The molecule has 2 heterocycles. The fraction of sp³-hybridized carbons (Fsp3) is 0.556. The zero-order chi connectivity index (χ0) is 18.7. The lowest BCUT2D eigenvalue weighted by Gasteiger charge is -2.13. The lowest BCUT2D eigenvalue weighted by molar-refractivity contribution is 0.0949. The Hall–Kier alpha value is -1.89. The Balaban J connectivity index is 2.13. The van der Waals surface area contributed by atoms with Crippen molar-refractivity contribution >= 4 is 17.7 Å². The topological polar surface area (TPSA) is 72.7 Å². The number of amides is 1. The summed E-state index contributed by atoms with van der Waals surface area (Å²) >= 11 is 1.48. The molecule has 0 aliphatic heterocycles. The van der Waals surface area contributed by atoms with Gasteiger partial charge in [0, 0.05) is 25.2 Å². The monoisotopic (exact) mass is 361 g/mol. The summed E-state index contributed by atoms with van der Waals surface area (Å²) in [5.41, 5.74) is 4.65. The SMILES string of the molecule is CSc1nc(C(C)C)nc(C)c1C(=O)NCCc1c(C)nn(C)c1C. The van der Waals surface area contributed by atoms with Crippen molar-refractivity contribution in [1.82, 2.24) is 25.1 Å². The summed E-state index contributed by atoms with van der Waals surface area (Å²) in [7, 11) is 1.94. The van der Waals surface area contributed by atoms with Crippen LogP contribution in [0.1, 0.15) is 58.6 Å². The number of thioether (sulfide) groups is 1. The van der Waals surface area contributed by atoms with Gasteiger partial charge in [-0.25, -0.2) is 9.97 Å². The highest BCUT2D eigenvalue weighted by Gasteiger charge is 2.19. The van der Waals surface area contributed by atoms with Crippen molar-refractivity contribution in [3.8, 4) is 0 Å². The highest BCUT2D eigenvalue weighted by molar-refractivity contribution is 7.98. The zero-order valence-corrected chi connectivity index (χ0v) is 16.9. The van der Waals surface area contributed by atoms with Crippen LogP contribution in [0.25, 0.3) is 0 Å². The second kappa shape index (κ2) is 7.99. The lowest BCUT2D eigenvalue weighted by Crippen LogP contribution is -2.28. The number of carbonyl (C=O) groups is 1. The summed E-state index contributed by atoms with van der Waals surface area (Å²) in [5.74, 6) is 0.898. The lowest BCUT2D eigenvalue weighted by atomic mass is 10.1. The van der Waals surface area contributed by atoms with Gasteiger partial charge in [-0.15, -0.1) is 11.8 Å². The van der Waals surface area contributed by atoms with Crippen molar-refractivity contribution in [3.05, 3.63) is 34.0 Å². The Kier molecular flexibility index (Phi) is 6.21. The molecule has 7 heteroatoms. The van der Waals surface area contributed by atoms with Crippen LogP contribution in [0.15, 0.2) is 5.03 Å². The molecule has 2 aromatic heterocycles. The Morgan fingerprint density at radius 1 is 1.20 bits per heavy atom. The second-order valence-corrected chi connectivity index (χ2v) is 7.28. The number of hydrogen-bond donors (Lipinski definition) is 1. The van der Waals surface area contributed by atoms with Gasteiger partial charge in [0.1, 0.15) is 10.9 Å². The largest absolute Gasteiger partial charge is 0.352 e. The molecule has 0 unspecified atom stereocenters. The molecule has 25 heavy (non-hydrogen) atoms. The summed E-state index contributed by atoms with van der Waals surface area (Å²) in [6.45, 7) is 10.6. The molecule has 0 aliphatic rings. The standard InChI is InChI=1S/C18H27N5OS/c1-10(2)16-20-12(4)15(18(21-16)25-7)17(24)19-9-8-14-11(3)22-23(6)13(14)5/h10H,8-9H2,1-7H3,(H,19,24). The number of nitrogens with one attached hydrogen (secondary N) is 1. The van der Waals surface area contributed by atoms with Gasteiger partial charge in [0.25, 0.3) is 5.91 Å². The average molecular weight is 362 g/mol. The molecule has 0 spiro atoms. The van der Waals surface area contributed by atoms with Crippen LogP contribution in [0.2, 0.25) is 0 Å². The maximum absolute atomic E-state index is 12.7. The van der Waals surface area contributed by atoms with E-state index in [1.165, 1.54) is 17.3 Å². The van der Waals surface area contributed by atoms with E-state index in [1.807, 2.05) is 38.8 Å². The van der Waals surface area contributed by atoms with Crippen LogP contribution in [-0.4, -0.2) is 38.5 Å². The van der Waals surface area contributed by atoms with Gasteiger partial charge in [-0.3, -0.25) is 9.48 Å². The van der Waals surface area contributed by atoms with Gasteiger partial charge in [-0.05, 0) is 39.0 Å². The Labute approximate surface area is 153 Å². The molecule has 0 fully saturated rings. The number of hydrogen-bond acceptors (Lipinski definition) is 5. The van der Waals surface area contributed by atoms with Gasteiger partial charge in [-0.2, -0.15) is 5.10 Å². The molecule has 0 aromatic carbocycles. The molecule has 2 rings (SSSR count). The van der Waals surface area contributed by atoms with Crippen molar-refractivity contribution < 1.29 is 4.79 Å². The van der Waals surface area contributed by atoms with Crippen molar-refractivity contribution in [2.24, 2.45) is 7.05 Å². The summed E-state index contributed by atoms with van der Waals surface area (Å²) in [6.07, 6.45) is 2.70. The maximum Gasteiger partial charge on any atom is 0.255 e. The van der Waals surface area contributed by atoms with Gasteiger partial charge >= 0.3 is 0 Å². The van der Waals surface area contributed by atoms with Gasteiger partial charge in [-0.1, -0.05) is 13.8 Å². The van der Waals surface area contributed by atoms with E-state index < -0.39 is 0 Å². The van der Waals surface area contributed by atoms with Gasteiger partial charge in [0.05, 0.1) is 17.0 Å². The number of rotatable bonds is 6. The molecular weight excluding hydrogens is 334 g/mol. The molecule has 1 N–H and O–H groups in total. The molecule has 0 bridgehead atoms. The molecule has 6 nitrogen and oxygen atoms in total. The fourth-order valence-corrected chi connectivity index (χ4v) is 3.43. The molecule has 2 aromatic rings. The third-order valence-corrected chi connectivity index (χ3v) is 5.01. The third kappa shape index (κ3) is 4.21. The molecular formula is C18H27N5OS. The Morgan fingerprint density at radius 3 is 2.40 bits per heavy atom. The number of nitrogens with zero attached hydrogens (tertiary/aromatic N) is 4. The minimum absolute atomic E-state index is 0.114. The van der Waals surface area contributed by atoms with Gasteiger partial charge in [0.2, 0.25) is 0 Å². The highest BCUT2D eigenvalue weighted by Crippen LogP contribution is 2.23. The van der Waals surface area contributed by atoms with E-state index in [9.17, 15) is 4.79 Å². The van der Waals surface area contributed by atoms with Gasteiger partial charge < -0.3 is 5.32 Å². The fourth-order valence-electron chi connectivity index (χ4n) is 2.80. The first-order chi connectivity index (χ1) is 11.8. The second-order valence-electron chi connectivity index (χ2n) is 6.49. The molecule has 0 radical (unpaired) electrons. The van der Waals surface area contributed by atoms with E-state index in [0.717, 1.165) is 34.4 Å². The maximum atomic E-state index is 12.7. The first-order valence-electron chi connectivity index (χ1n) is 8.46. The van der Waals surface area contributed by atoms with Crippen LogP contribution in [0.3, 0.4) is 0 Å². The third-order valence-electron chi connectivity index (χ3n) is 4.33. The molecule has 136 valence electrons. The van der Waals surface area contributed by atoms with Crippen LogP contribution in [0.5, 0.6) is 0 Å². The summed E-state index contributed by atoms with van der Waals surface area (Å²) in [6, 6.07) is 0. The van der Waals surface area contributed by atoms with Crippen molar-refractivity contribution in [2.75, 3.05) is 12.8 Å². The minimum Gasteiger partial charge on any atom is -0.352 e. The molecule has 0 atom stereocenters.